The summed E-state index contributed by atoms with van der Waals surface area (Å²) in [6.07, 6.45) is 5.53. The Morgan fingerprint density at radius 3 is 2.69 bits per heavy atom. The van der Waals surface area contributed by atoms with E-state index in [4.69, 9.17) is 16.0 Å². The maximum atomic E-state index is 12.2. The summed E-state index contributed by atoms with van der Waals surface area (Å²) in [4.78, 5) is 4.47. The topological polar surface area (TPSA) is 113 Å². The molecule has 0 bridgehead atoms. The molecular formula is C24H29ClN6O3S. The van der Waals surface area contributed by atoms with Crippen molar-refractivity contribution >= 4 is 33.3 Å². The molecule has 0 radical (unpaired) electrons. The molecule has 1 aliphatic carbocycles. The molecule has 2 aliphatic rings. The number of sulfonamides is 1. The number of nitrogens with one attached hydrogen (secondary N) is 2. The lowest BCUT2D eigenvalue weighted by molar-refractivity contribution is 0.303. The minimum atomic E-state index is -3.58. The molecule has 5 rings (SSSR count). The van der Waals surface area contributed by atoms with Gasteiger partial charge in [0.25, 0.3) is 0 Å². The highest BCUT2D eigenvalue weighted by atomic mass is 35.5. The summed E-state index contributed by atoms with van der Waals surface area (Å²) in [6, 6.07) is 11.9. The molecule has 1 saturated heterocycles. The van der Waals surface area contributed by atoms with E-state index < -0.39 is 10.0 Å². The summed E-state index contributed by atoms with van der Waals surface area (Å²) in [6.45, 7) is 1.62. The molecule has 9 nitrogen and oxygen atoms in total. The van der Waals surface area contributed by atoms with Gasteiger partial charge in [0.2, 0.25) is 21.8 Å². The molecule has 2 N–H and O–H groups in total. The van der Waals surface area contributed by atoms with Gasteiger partial charge in [-0.15, -0.1) is 10.2 Å². The minimum absolute atomic E-state index is 0.114. The fourth-order valence-corrected chi connectivity index (χ4v) is 5.18. The molecule has 2 aromatic heterocycles. The van der Waals surface area contributed by atoms with Crippen LogP contribution in [0, 0.1) is 5.92 Å². The summed E-state index contributed by atoms with van der Waals surface area (Å²) in [7, 11) is -2.16. The Morgan fingerprint density at radius 1 is 1.20 bits per heavy atom. The normalized spacial score (nSPS) is 20.5. The van der Waals surface area contributed by atoms with Crippen LogP contribution in [0.2, 0.25) is 5.02 Å². The van der Waals surface area contributed by atoms with Crippen molar-refractivity contribution in [2.45, 2.75) is 37.6 Å². The van der Waals surface area contributed by atoms with E-state index in [0.717, 1.165) is 36.5 Å². The predicted molar refractivity (Wildman–Crippen MR) is 136 cm³/mol. The van der Waals surface area contributed by atoms with E-state index in [-0.39, 0.29) is 28.7 Å². The van der Waals surface area contributed by atoms with Crippen LogP contribution in [-0.2, 0) is 10.0 Å². The highest BCUT2D eigenvalue weighted by Gasteiger charge is 2.32. The number of aromatic nitrogens is 3. The van der Waals surface area contributed by atoms with Crippen LogP contribution >= 0.6 is 11.6 Å². The van der Waals surface area contributed by atoms with Crippen LogP contribution in [0.15, 0.2) is 40.8 Å². The van der Waals surface area contributed by atoms with E-state index in [1.807, 2.05) is 18.2 Å². The third-order valence-corrected chi connectivity index (χ3v) is 8.17. The van der Waals surface area contributed by atoms with Gasteiger partial charge in [0.15, 0.2) is 5.82 Å². The second kappa shape index (κ2) is 9.75. The largest absolute Gasteiger partial charge is 0.419 e. The van der Waals surface area contributed by atoms with Crippen LogP contribution in [-0.4, -0.2) is 50.0 Å². The van der Waals surface area contributed by atoms with E-state index in [1.54, 1.807) is 6.07 Å². The molecule has 1 aromatic carbocycles. The maximum absolute atomic E-state index is 12.2. The van der Waals surface area contributed by atoms with Crippen LogP contribution in [0.3, 0.4) is 0 Å². The van der Waals surface area contributed by atoms with Crippen molar-refractivity contribution in [3.63, 3.8) is 0 Å². The molecule has 35 heavy (non-hydrogen) atoms. The Balaban J connectivity index is 1.50. The third kappa shape index (κ3) is 5.29. The van der Waals surface area contributed by atoms with E-state index in [1.165, 1.54) is 25.5 Å². The number of nitrogens with zero attached hydrogens (tertiary/aromatic N) is 4. The first-order valence-corrected chi connectivity index (χ1v) is 14.0. The van der Waals surface area contributed by atoms with Crippen molar-refractivity contribution in [1.29, 1.82) is 0 Å². The Bertz CT molecular complexity index is 1300. The fourth-order valence-electron chi connectivity index (χ4n) is 4.38. The number of halogens is 1. The SMILES string of the molecule is CN(c1nc(NCC2CC2)cc(-c2nnc([C@@H]3NCCC[C@@H]3c3ccccc3)o2)c1Cl)S(C)(=O)=O. The van der Waals surface area contributed by atoms with Crippen molar-refractivity contribution in [2.75, 3.05) is 36.0 Å². The second-order valence-electron chi connectivity index (χ2n) is 9.28. The monoisotopic (exact) mass is 516 g/mol. The molecule has 2 fully saturated rings. The number of pyridine rings is 1. The zero-order chi connectivity index (χ0) is 24.6. The minimum Gasteiger partial charge on any atom is -0.419 e. The zero-order valence-corrected chi connectivity index (χ0v) is 21.3. The summed E-state index contributed by atoms with van der Waals surface area (Å²) >= 11 is 6.67. The van der Waals surface area contributed by atoms with Gasteiger partial charge in [-0.3, -0.25) is 4.31 Å². The Hall–Kier alpha value is -2.69. The van der Waals surface area contributed by atoms with Gasteiger partial charge >= 0.3 is 0 Å². The number of hydrogen-bond donors (Lipinski definition) is 2. The molecular weight excluding hydrogens is 488 g/mol. The number of rotatable bonds is 8. The van der Waals surface area contributed by atoms with Gasteiger partial charge in [0.1, 0.15) is 5.82 Å². The third-order valence-electron chi connectivity index (χ3n) is 6.63. The molecule has 3 heterocycles. The summed E-state index contributed by atoms with van der Waals surface area (Å²) in [5, 5.41) is 15.6. The first-order valence-electron chi connectivity index (χ1n) is 11.8. The van der Waals surface area contributed by atoms with Gasteiger partial charge in [-0.25, -0.2) is 13.4 Å². The Morgan fingerprint density at radius 2 is 1.97 bits per heavy atom. The van der Waals surface area contributed by atoms with Crippen LogP contribution in [0.5, 0.6) is 0 Å². The van der Waals surface area contributed by atoms with E-state index >= 15 is 0 Å². The number of anilines is 2. The summed E-state index contributed by atoms with van der Waals surface area (Å²) in [5.74, 6) is 2.14. The average molecular weight is 517 g/mol. The van der Waals surface area contributed by atoms with Crippen LogP contribution in [0.25, 0.3) is 11.5 Å². The number of hydrogen-bond acceptors (Lipinski definition) is 8. The van der Waals surface area contributed by atoms with Crippen molar-refractivity contribution in [2.24, 2.45) is 5.92 Å². The zero-order valence-electron chi connectivity index (χ0n) is 19.7. The quantitative estimate of drug-likeness (QED) is 0.457. The summed E-state index contributed by atoms with van der Waals surface area (Å²) < 4.78 is 31.7. The van der Waals surface area contributed by atoms with E-state index in [2.05, 4.69) is 37.9 Å². The molecule has 186 valence electrons. The number of piperidine rings is 1. The van der Waals surface area contributed by atoms with Crippen molar-refractivity contribution in [3.8, 4) is 11.5 Å². The summed E-state index contributed by atoms with van der Waals surface area (Å²) in [5.41, 5.74) is 1.66. The molecule has 0 spiro atoms. The maximum Gasteiger partial charge on any atom is 0.249 e. The Kier molecular flexibility index (Phi) is 6.69. The Labute approximate surface area is 210 Å². The highest BCUT2D eigenvalue weighted by Crippen LogP contribution is 2.40. The second-order valence-corrected chi connectivity index (χ2v) is 11.7. The fraction of sp³-hybridized carbons (Fsp3) is 0.458. The van der Waals surface area contributed by atoms with Crippen LogP contribution in [0.4, 0.5) is 11.6 Å². The molecule has 2 atom stereocenters. The van der Waals surface area contributed by atoms with Gasteiger partial charge < -0.3 is 15.1 Å². The molecule has 0 unspecified atom stereocenters. The highest BCUT2D eigenvalue weighted by molar-refractivity contribution is 7.92. The number of benzene rings is 1. The molecule has 3 aromatic rings. The average Bonchev–Trinajstić information content (AvgIpc) is 3.57. The van der Waals surface area contributed by atoms with Gasteiger partial charge in [-0.1, -0.05) is 41.9 Å². The first kappa shape index (κ1) is 24.0. The first-order chi connectivity index (χ1) is 16.8. The van der Waals surface area contributed by atoms with E-state index in [0.29, 0.717) is 23.2 Å². The van der Waals surface area contributed by atoms with Gasteiger partial charge in [0, 0.05) is 19.5 Å². The van der Waals surface area contributed by atoms with Crippen molar-refractivity contribution < 1.29 is 12.8 Å². The predicted octanol–water partition coefficient (Wildman–Crippen LogP) is 4.21. The smallest absolute Gasteiger partial charge is 0.249 e. The molecule has 1 saturated carbocycles. The van der Waals surface area contributed by atoms with Crippen molar-refractivity contribution in [3.05, 3.63) is 52.9 Å². The lowest BCUT2D eigenvalue weighted by Crippen LogP contribution is -2.33. The van der Waals surface area contributed by atoms with Gasteiger partial charge in [0.05, 0.1) is 22.9 Å². The van der Waals surface area contributed by atoms with E-state index in [9.17, 15) is 8.42 Å². The molecule has 11 heteroatoms. The molecule has 0 amide bonds. The van der Waals surface area contributed by atoms with Crippen molar-refractivity contribution in [1.82, 2.24) is 20.5 Å². The lowest BCUT2D eigenvalue weighted by atomic mass is 9.85. The van der Waals surface area contributed by atoms with Gasteiger partial charge in [-0.05, 0) is 49.8 Å². The van der Waals surface area contributed by atoms with Gasteiger partial charge in [-0.2, -0.15) is 0 Å². The lowest BCUT2D eigenvalue weighted by Gasteiger charge is -2.30. The van der Waals surface area contributed by atoms with Crippen LogP contribution < -0.4 is 14.9 Å². The molecule has 1 aliphatic heterocycles. The standard InChI is InChI=1S/C24H29ClN6O3S/c1-31(35(2,32)33)22-20(25)18(13-19(28-22)27-14-15-10-11-15)23-29-30-24(34-23)21-17(9-6-12-26-21)16-7-4-3-5-8-16/h3-5,7-8,13,15,17,21,26H,6,9-12,14H2,1-2H3,(H,27,28)/t17-,21-/m1/s1. The van der Waals surface area contributed by atoms with Crippen LogP contribution in [0.1, 0.15) is 49.1 Å².